The van der Waals surface area contributed by atoms with Crippen LogP contribution in [0.15, 0.2) is 30.4 Å². The molecule has 0 aromatic heterocycles. The van der Waals surface area contributed by atoms with E-state index in [4.69, 9.17) is 14.0 Å². The van der Waals surface area contributed by atoms with Crippen LogP contribution in [0.3, 0.4) is 0 Å². The van der Waals surface area contributed by atoms with E-state index in [1.54, 1.807) is 32.0 Å². The van der Waals surface area contributed by atoms with E-state index in [-0.39, 0.29) is 62.8 Å². The van der Waals surface area contributed by atoms with Gasteiger partial charge in [-0.15, -0.1) is 0 Å². The number of hydrogen-bond acceptors (Lipinski definition) is 10. The molecule has 5 amide bonds. The standard InChI is InChI=1S/C32H41IN4O11S/c1-21(2)29(36-26(38)10-5-4-6-15-37-27(39)13-14-28(37)40)31(42)34-22(3)30(41)35-25-12-11-24(20-48-32(33)43)23(19-25)9-7-16-47-17-8-18-49(44,45)46/h11-14,19,21-22,29H,4-6,8,10,15-18,20H2,1-3H3,(H,34,42)(H,35,41)(H,36,38)(H,44,45,46)/t22-,29-/m0/s1. The molecule has 0 aliphatic carbocycles. The van der Waals surface area contributed by atoms with Gasteiger partial charge in [-0.1, -0.05) is 38.2 Å². The van der Waals surface area contributed by atoms with Gasteiger partial charge >= 0.3 is 3.98 Å². The summed E-state index contributed by atoms with van der Waals surface area (Å²) in [5.74, 6) is 2.81. The molecular formula is C32H41IN4O11S. The third kappa shape index (κ3) is 15.9. The molecule has 49 heavy (non-hydrogen) atoms. The molecule has 15 nitrogen and oxygen atoms in total. The second-order valence-corrected chi connectivity index (χ2v) is 13.8. The van der Waals surface area contributed by atoms with Crippen molar-refractivity contribution in [3.05, 3.63) is 41.5 Å². The maximum atomic E-state index is 13.1. The van der Waals surface area contributed by atoms with Crippen LogP contribution < -0.4 is 16.0 Å². The summed E-state index contributed by atoms with van der Waals surface area (Å²) in [7, 11) is -4.08. The molecule has 1 heterocycles. The van der Waals surface area contributed by atoms with Crippen molar-refractivity contribution in [2.45, 2.75) is 71.6 Å². The zero-order valence-electron chi connectivity index (χ0n) is 27.5. The average molecular weight is 817 g/mol. The van der Waals surface area contributed by atoms with Crippen molar-refractivity contribution >= 4 is 71.9 Å². The Morgan fingerprint density at radius 3 is 2.31 bits per heavy atom. The van der Waals surface area contributed by atoms with Crippen molar-refractivity contribution < 1.29 is 51.2 Å². The topological polar surface area (TPSA) is 215 Å². The average Bonchev–Trinajstić information content (AvgIpc) is 3.34. The molecule has 0 bridgehead atoms. The Kier molecular flexibility index (Phi) is 17.4. The van der Waals surface area contributed by atoms with E-state index in [0.29, 0.717) is 36.1 Å². The number of benzene rings is 1. The minimum absolute atomic E-state index is 0.0504. The Labute approximate surface area is 299 Å². The molecule has 4 N–H and O–H groups in total. The minimum Gasteiger partial charge on any atom is -0.453 e. The number of carbonyl (C=O) groups is 6. The van der Waals surface area contributed by atoms with Gasteiger partial charge in [0.05, 0.1) is 28.3 Å². The van der Waals surface area contributed by atoms with Crippen LogP contribution in [-0.2, 0) is 50.2 Å². The third-order valence-electron chi connectivity index (χ3n) is 7.01. The van der Waals surface area contributed by atoms with Crippen LogP contribution in [0.25, 0.3) is 0 Å². The van der Waals surface area contributed by atoms with E-state index in [9.17, 15) is 37.2 Å². The molecule has 2 atom stereocenters. The number of nitrogens with one attached hydrogen (secondary N) is 3. The van der Waals surface area contributed by atoms with Gasteiger partial charge < -0.3 is 25.4 Å². The molecule has 1 aromatic rings. The number of ether oxygens (including phenoxy) is 2. The normalized spacial score (nSPS) is 13.8. The molecule has 1 aliphatic heterocycles. The molecule has 17 heteroatoms. The predicted molar refractivity (Wildman–Crippen MR) is 187 cm³/mol. The lowest BCUT2D eigenvalue weighted by atomic mass is 10.0. The largest absolute Gasteiger partial charge is 0.453 e. The van der Waals surface area contributed by atoms with Crippen LogP contribution in [0.4, 0.5) is 10.5 Å². The molecule has 0 saturated carbocycles. The Morgan fingerprint density at radius 2 is 1.67 bits per heavy atom. The number of rotatable bonds is 19. The molecule has 0 spiro atoms. The van der Waals surface area contributed by atoms with E-state index in [1.807, 2.05) is 0 Å². The molecule has 268 valence electrons. The van der Waals surface area contributed by atoms with Crippen LogP contribution >= 0.6 is 22.6 Å². The first-order valence-electron chi connectivity index (χ1n) is 15.5. The summed E-state index contributed by atoms with van der Waals surface area (Å²) in [6, 6.07) is 2.87. The van der Waals surface area contributed by atoms with Crippen LogP contribution in [0.2, 0.25) is 0 Å². The SMILES string of the molecule is CC(C)[C@H](NC(=O)CCCCCN1C(=O)C=CC1=O)C(=O)N[C@@H](C)C(=O)Nc1ccc(COC(=O)I)c(C#CCOCCCS(=O)(=O)O)c1. The number of unbranched alkanes of at least 4 members (excludes halogenated alkanes) is 2. The smallest absolute Gasteiger partial charge is 0.367 e. The molecular weight excluding hydrogens is 775 g/mol. The van der Waals surface area contributed by atoms with E-state index in [1.165, 1.54) is 41.7 Å². The van der Waals surface area contributed by atoms with Crippen molar-refractivity contribution in [1.29, 1.82) is 0 Å². The fraction of sp³-hybridized carbons (Fsp3) is 0.500. The summed E-state index contributed by atoms with van der Waals surface area (Å²) in [5, 5.41) is 8.06. The van der Waals surface area contributed by atoms with E-state index < -0.39 is 43.7 Å². The molecule has 0 fully saturated rings. The van der Waals surface area contributed by atoms with Crippen molar-refractivity contribution in [3.63, 3.8) is 0 Å². The number of imide groups is 1. The maximum Gasteiger partial charge on any atom is 0.367 e. The van der Waals surface area contributed by atoms with Crippen molar-refractivity contribution in [3.8, 4) is 11.8 Å². The zero-order valence-corrected chi connectivity index (χ0v) is 30.4. The van der Waals surface area contributed by atoms with Crippen molar-refractivity contribution in [2.75, 3.05) is 30.8 Å². The lowest BCUT2D eigenvalue weighted by molar-refractivity contribution is -0.137. The maximum absolute atomic E-state index is 13.1. The summed E-state index contributed by atoms with van der Waals surface area (Å²) in [6.07, 6.45) is 4.32. The fourth-order valence-electron chi connectivity index (χ4n) is 4.41. The van der Waals surface area contributed by atoms with Crippen LogP contribution in [0.1, 0.15) is 64.0 Å². The lowest BCUT2D eigenvalue weighted by Crippen LogP contribution is -2.53. The van der Waals surface area contributed by atoms with Crippen LogP contribution in [0.5, 0.6) is 0 Å². The molecule has 0 saturated heterocycles. The fourth-order valence-corrected chi connectivity index (χ4v) is 5.05. The molecule has 0 radical (unpaired) electrons. The molecule has 2 rings (SSSR count). The van der Waals surface area contributed by atoms with Crippen LogP contribution in [0, 0.1) is 17.8 Å². The quantitative estimate of drug-likeness (QED) is 0.0398. The van der Waals surface area contributed by atoms with Gasteiger partial charge in [0, 0.05) is 48.5 Å². The summed E-state index contributed by atoms with van der Waals surface area (Å²) in [4.78, 5) is 74.4. The van der Waals surface area contributed by atoms with Crippen molar-refractivity contribution in [1.82, 2.24) is 15.5 Å². The van der Waals surface area contributed by atoms with Crippen LogP contribution in [-0.4, -0.2) is 89.0 Å². The summed E-state index contributed by atoms with van der Waals surface area (Å²) < 4.78 is 40.2. The highest BCUT2D eigenvalue weighted by molar-refractivity contribution is 14.1. The first kappa shape index (κ1) is 41.3. The first-order chi connectivity index (χ1) is 23.1. The van der Waals surface area contributed by atoms with Gasteiger partial charge in [-0.2, -0.15) is 8.42 Å². The zero-order chi connectivity index (χ0) is 36.6. The Morgan fingerprint density at radius 1 is 0.980 bits per heavy atom. The second kappa shape index (κ2) is 20.6. The van der Waals surface area contributed by atoms with E-state index >= 15 is 0 Å². The van der Waals surface area contributed by atoms with Gasteiger partial charge in [0.15, 0.2) is 0 Å². The molecule has 1 aromatic carbocycles. The Bertz CT molecular complexity index is 1570. The number of amides is 5. The predicted octanol–water partition coefficient (Wildman–Crippen LogP) is 2.47. The van der Waals surface area contributed by atoms with Gasteiger partial charge in [-0.05, 0) is 44.2 Å². The van der Waals surface area contributed by atoms with Gasteiger partial charge in [0.25, 0.3) is 21.9 Å². The minimum atomic E-state index is -4.08. The Balaban J connectivity index is 1.92. The van der Waals surface area contributed by atoms with E-state index in [2.05, 4.69) is 27.8 Å². The van der Waals surface area contributed by atoms with Gasteiger partial charge in [-0.25, -0.2) is 4.79 Å². The summed E-state index contributed by atoms with van der Waals surface area (Å²) in [5.41, 5.74) is 1.32. The van der Waals surface area contributed by atoms with Gasteiger partial charge in [0.1, 0.15) is 25.3 Å². The highest BCUT2D eigenvalue weighted by atomic mass is 127. The second-order valence-electron chi connectivity index (χ2n) is 11.4. The third-order valence-corrected chi connectivity index (χ3v) is 8.13. The number of hydrogen-bond donors (Lipinski definition) is 4. The number of carbonyl (C=O) groups excluding carboxylic acids is 6. The lowest BCUT2D eigenvalue weighted by Gasteiger charge is -2.24. The highest BCUT2D eigenvalue weighted by Crippen LogP contribution is 2.18. The van der Waals surface area contributed by atoms with Crippen molar-refractivity contribution in [2.24, 2.45) is 5.92 Å². The number of anilines is 1. The highest BCUT2D eigenvalue weighted by Gasteiger charge is 2.27. The van der Waals surface area contributed by atoms with Gasteiger partial charge in [0.2, 0.25) is 17.7 Å². The van der Waals surface area contributed by atoms with E-state index in [0.717, 1.165) is 4.90 Å². The van der Waals surface area contributed by atoms with Gasteiger partial charge in [-0.3, -0.25) is 33.4 Å². The monoisotopic (exact) mass is 816 g/mol. The number of halogens is 1. The molecule has 0 unspecified atom stereocenters. The Hall–Kier alpha value is -3.86. The molecule has 1 aliphatic rings. The summed E-state index contributed by atoms with van der Waals surface area (Å²) in [6.45, 7) is 5.21. The number of nitrogens with zero attached hydrogens (tertiary/aromatic N) is 1. The first-order valence-corrected chi connectivity index (χ1v) is 18.2. The summed E-state index contributed by atoms with van der Waals surface area (Å²) >= 11 is 1.49.